The number of hydrogen-bond acceptors (Lipinski definition) is 4. The van der Waals surface area contributed by atoms with Crippen molar-refractivity contribution in [2.75, 3.05) is 6.54 Å². The first kappa shape index (κ1) is 14.3. The van der Waals surface area contributed by atoms with Crippen LogP contribution in [0.5, 0.6) is 0 Å². The molecule has 118 valence electrons. The van der Waals surface area contributed by atoms with Gasteiger partial charge in [-0.15, -0.1) is 0 Å². The van der Waals surface area contributed by atoms with Crippen LogP contribution in [-0.4, -0.2) is 32.2 Å². The standard InChI is InChI=1S/C18H15N5O/c24-18-17-11-16(22-23(17)9-8-21-18)14-5-7-20-15(10-14)4-3-13-2-1-6-19-12-13/h1-7,10-12H,8-9H2,(H,21,24)/b4-3+. The largest absolute Gasteiger partial charge is 0.349 e. The summed E-state index contributed by atoms with van der Waals surface area (Å²) >= 11 is 0. The Morgan fingerprint density at radius 1 is 1.17 bits per heavy atom. The summed E-state index contributed by atoms with van der Waals surface area (Å²) in [4.78, 5) is 20.3. The lowest BCUT2D eigenvalue weighted by molar-refractivity contribution is 0.0924. The molecule has 0 saturated heterocycles. The molecule has 1 aliphatic heterocycles. The van der Waals surface area contributed by atoms with Crippen molar-refractivity contribution in [1.29, 1.82) is 0 Å². The molecular weight excluding hydrogens is 302 g/mol. The van der Waals surface area contributed by atoms with Crippen LogP contribution in [0.2, 0.25) is 0 Å². The van der Waals surface area contributed by atoms with Crippen molar-refractivity contribution >= 4 is 18.1 Å². The Bertz CT molecular complexity index is 914. The molecule has 0 aromatic carbocycles. The molecule has 4 rings (SSSR count). The fourth-order valence-corrected chi connectivity index (χ4v) is 2.63. The van der Waals surface area contributed by atoms with Gasteiger partial charge in [0.1, 0.15) is 5.69 Å². The maximum Gasteiger partial charge on any atom is 0.269 e. The number of aromatic nitrogens is 4. The third-order valence-electron chi connectivity index (χ3n) is 3.83. The molecule has 24 heavy (non-hydrogen) atoms. The van der Waals surface area contributed by atoms with Crippen LogP contribution >= 0.6 is 0 Å². The average Bonchev–Trinajstić information content (AvgIpc) is 3.07. The minimum absolute atomic E-state index is 0.0780. The van der Waals surface area contributed by atoms with Gasteiger partial charge in [-0.25, -0.2) is 0 Å². The number of pyridine rings is 2. The Morgan fingerprint density at radius 2 is 2.12 bits per heavy atom. The minimum atomic E-state index is -0.0780. The second-order valence-corrected chi connectivity index (χ2v) is 5.48. The summed E-state index contributed by atoms with van der Waals surface area (Å²) in [7, 11) is 0. The van der Waals surface area contributed by atoms with Crippen LogP contribution in [-0.2, 0) is 6.54 Å². The fraction of sp³-hybridized carbons (Fsp3) is 0.111. The molecule has 4 heterocycles. The Hall–Kier alpha value is -3.28. The zero-order valence-corrected chi connectivity index (χ0v) is 12.9. The highest BCUT2D eigenvalue weighted by atomic mass is 16.2. The van der Waals surface area contributed by atoms with E-state index in [4.69, 9.17) is 0 Å². The number of rotatable bonds is 3. The van der Waals surface area contributed by atoms with E-state index in [-0.39, 0.29) is 5.91 Å². The van der Waals surface area contributed by atoms with E-state index in [1.807, 2.05) is 42.5 Å². The second-order valence-electron chi connectivity index (χ2n) is 5.48. The lowest BCUT2D eigenvalue weighted by Crippen LogP contribution is -2.35. The van der Waals surface area contributed by atoms with Crippen molar-refractivity contribution in [2.45, 2.75) is 6.54 Å². The van der Waals surface area contributed by atoms with Gasteiger partial charge in [0.25, 0.3) is 5.91 Å². The Labute approximate surface area is 138 Å². The SMILES string of the molecule is O=C1NCCn2nc(-c3ccnc(/C=C/c4cccnc4)c3)cc21. The van der Waals surface area contributed by atoms with Crippen LogP contribution in [0.4, 0.5) is 0 Å². The molecule has 0 atom stereocenters. The van der Waals surface area contributed by atoms with E-state index in [0.717, 1.165) is 22.5 Å². The zero-order chi connectivity index (χ0) is 16.4. The van der Waals surface area contributed by atoms with Gasteiger partial charge in [-0.1, -0.05) is 12.1 Å². The van der Waals surface area contributed by atoms with Crippen molar-refractivity contribution in [3.05, 3.63) is 65.9 Å². The molecule has 0 radical (unpaired) electrons. The van der Waals surface area contributed by atoms with Gasteiger partial charge in [0.15, 0.2) is 0 Å². The summed E-state index contributed by atoms with van der Waals surface area (Å²) in [5, 5.41) is 7.35. The molecule has 1 aliphatic rings. The van der Waals surface area contributed by atoms with E-state index in [1.165, 1.54) is 0 Å². The van der Waals surface area contributed by atoms with Crippen molar-refractivity contribution in [2.24, 2.45) is 0 Å². The van der Waals surface area contributed by atoms with E-state index < -0.39 is 0 Å². The number of hydrogen-bond donors (Lipinski definition) is 1. The molecule has 3 aromatic heterocycles. The first-order valence-electron chi connectivity index (χ1n) is 7.70. The van der Waals surface area contributed by atoms with E-state index >= 15 is 0 Å². The number of nitrogens with zero attached hydrogens (tertiary/aromatic N) is 4. The number of carbonyl (C=O) groups is 1. The number of fused-ring (bicyclic) bond motifs is 1. The van der Waals surface area contributed by atoms with Crippen molar-refractivity contribution in [1.82, 2.24) is 25.1 Å². The first-order valence-corrected chi connectivity index (χ1v) is 7.70. The third kappa shape index (κ3) is 2.81. The van der Waals surface area contributed by atoms with Crippen LogP contribution in [0.1, 0.15) is 21.7 Å². The number of carbonyl (C=O) groups excluding carboxylic acids is 1. The Balaban J connectivity index is 1.63. The van der Waals surface area contributed by atoms with E-state index in [9.17, 15) is 4.79 Å². The topological polar surface area (TPSA) is 72.7 Å². The summed E-state index contributed by atoms with van der Waals surface area (Å²) in [6, 6.07) is 9.55. The second kappa shape index (κ2) is 6.08. The third-order valence-corrected chi connectivity index (χ3v) is 3.83. The van der Waals surface area contributed by atoms with E-state index in [0.29, 0.717) is 18.8 Å². The fourth-order valence-electron chi connectivity index (χ4n) is 2.63. The lowest BCUT2D eigenvalue weighted by Gasteiger charge is -2.13. The van der Waals surface area contributed by atoms with Crippen molar-refractivity contribution in [3.8, 4) is 11.3 Å². The normalized spacial score (nSPS) is 13.8. The van der Waals surface area contributed by atoms with Crippen molar-refractivity contribution < 1.29 is 4.79 Å². The van der Waals surface area contributed by atoms with Crippen LogP contribution in [0.15, 0.2) is 48.9 Å². The summed E-state index contributed by atoms with van der Waals surface area (Å²) < 4.78 is 1.75. The molecular formula is C18H15N5O. The van der Waals surface area contributed by atoms with Gasteiger partial charge in [0.2, 0.25) is 0 Å². The maximum absolute atomic E-state index is 11.9. The molecule has 0 bridgehead atoms. The molecule has 1 N–H and O–H groups in total. The highest BCUT2D eigenvalue weighted by Gasteiger charge is 2.19. The molecule has 0 unspecified atom stereocenters. The summed E-state index contributed by atoms with van der Waals surface area (Å²) in [5.74, 6) is -0.0780. The van der Waals surface area contributed by atoms with Gasteiger partial charge >= 0.3 is 0 Å². The Kier molecular flexibility index (Phi) is 3.63. The van der Waals surface area contributed by atoms with E-state index in [2.05, 4.69) is 20.4 Å². The zero-order valence-electron chi connectivity index (χ0n) is 12.9. The number of nitrogens with one attached hydrogen (secondary N) is 1. The molecule has 1 amide bonds. The summed E-state index contributed by atoms with van der Waals surface area (Å²) in [6.45, 7) is 1.31. The van der Waals surface area contributed by atoms with Gasteiger partial charge < -0.3 is 5.32 Å². The quantitative estimate of drug-likeness (QED) is 0.804. The van der Waals surface area contributed by atoms with Gasteiger partial charge in [0.05, 0.1) is 17.9 Å². The summed E-state index contributed by atoms with van der Waals surface area (Å²) in [5.41, 5.74) is 4.15. The molecule has 3 aromatic rings. The van der Waals surface area contributed by atoms with Gasteiger partial charge in [-0.3, -0.25) is 19.4 Å². The van der Waals surface area contributed by atoms with Gasteiger partial charge in [-0.05, 0) is 35.9 Å². The van der Waals surface area contributed by atoms with Crippen LogP contribution < -0.4 is 5.32 Å². The lowest BCUT2D eigenvalue weighted by atomic mass is 10.1. The highest BCUT2D eigenvalue weighted by Crippen LogP contribution is 2.21. The van der Waals surface area contributed by atoms with Gasteiger partial charge in [-0.2, -0.15) is 5.10 Å². The van der Waals surface area contributed by atoms with Gasteiger partial charge in [0, 0.05) is 30.7 Å². The number of amides is 1. The summed E-state index contributed by atoms with van der Waals surface area (Å²) in [6.07, 6.45) is 9.18. The molecule has 0 saturated carbocycles. The van der Waals surface area contributed by atoms with Crippen LogP contribution in [0.3, 0.4) is 0 Å². The smallest absolute Gasteiger partial charge is 0.269 e. The Morgan fingerprint density at radius 3 is 2.96 bits per heavy atom. The van der Waals surface area contributed by atoms with Crippen molar-refractivity contribution in [3.63, 3.8) is 0 Å². The highest BCUT2D eigenvalue weighted by molar-refractivity contribution is 5.94. The molecule has 0 aliphatic carbocycles. The molecule has 6 nitrogen and oxygen atoms in total. The van der Waals surface area contributed by atoms with Crippen LogP contribution in [0, 0.1) is 0 Å². The predicted molar refractivity (Wildman–Crippen MR) is 91.0 cm³/mol. The van der Waals surface area contributed by atoms with Crippen LogP contribution in [0.25, 0.3) is 23.4 Å². The maximum atomic E-state index is 11.9. The average molecular weight is 317 g/mol. The van der Waals surface area contributed by atoms with E-state index in [1.54, 1.807) is 23.3 Å². The predicted octanol–water partition coefficient (Wildman–Crippen LogP) is 2.25. The minimum Gasteiger partial charge on any atom is -0.349 e. The molecule has 0 spiro atoms. The first-order chi connectivity index (χ1) is 11.8. The molecule has 6 heteroatoms. The monoisotopic (exact) mass is 317 g/mol. The molecule has 0 fully saturated rings.